The van der Waals surface area contributed by atoms with Crippen LogP contribution in [-0.4, -0.2) is 11.9 Å². The van der Waals surface area contributed by atoms with Crippen LogP contribution in [0.25, 0.3) is 0 Å². The molecule has 0 aliphatic heterocycles. The van der Waals surface area contributed by atoms with Gasteiger partial charge in [0, 0.05) is 6.42 Å². The molecule has 11 heavy (non-hydrogen) atoms. The predicted molar refractivity (Wildman–Crippen MR) is 46.0 cm³/mol. The van der Waals surface area contributed by atoms with Gasteiger partial charge in [0.05, 0.1) is 5.76 Å². The number of aliphatic hydroxyl groups is 1. The fourth-order valence-corrected chi connectivity index (χ4v) is 0.611. The first-order valence-corrected chi connectivity index (χ1v) is 3.78. The lowest BCUT2D eigenvalue weighted by molar-refractivity contribution is 0.0391. The molecule has 0 aliphatic rings. The van der Waals surface area contributed by atoms with Gasteiger partial charge < -0.3 is 9.84 Å². The molecule has 0 aromatic rings. The maximum Gasteiger partial charge on any atom is 0.185 e. The molecule has 0 spiro atoms. The van der Waals surface area contributed by atoms with Gasteiger partial charge in [-0.25, -0.2) is 0 Å². The van der Waals surface area contributed by atoms with E-state index in [-0.39, 0.29) is 6.79 Å². The van der Waals surface area contributed by atoms with E-state index in [1.807, 2.05) is 32.9 Å². The molecule has 0 aromatic carbocycles. The molecule has 0 aliphatic carbocycles. The molecule has 0 aromatic heterocycles. The zero-order chi connectivity index (χ0) is 8.69. The molecular formula is C9H16O2. The molecule has 0 amide bonds. The van der Waals surface area contributed by atoms with E-state index in [1.54, 1.807) is 0 Å². The normalized spacial score (nSPS) is 11.1. The minimum Gasteiger partial charge on any atom is -0.472 e. The number of rotatable bonds is 4. The maximum absolute atomic E-state index is 8.45. The van der Waals surface area contributed by atoms with E-state index in [0.717, 1.165) is 12.2 Å². The molecule has 0 bridgehead atoms. The maximum atomic E-state index is 8.45. The Morgan fingerprint density at radius 3 is 2.36 bits per heavy atom. The molecule has 1 N–H and O–H groups in total. The van der Waals surface area contributed by atoms with Crippen molar-refractivity contribution >= 4 is 0 Å². The van der Waals surface area contributed by atoms with Crippen LogP contribution in [0.4, 0.5) is 0 Å². The van der Waals surface area contributed by atoms with Crippen LogP contribution in [0.2, 0.25) is 0 Å². The number of hydrogen-bond donors (Lipinski definition) is 1. The second-order valence-corrected chi connectivity index (χ2v) is 2.50. The Balaban J connectivity index is 4.00. The van der Waals surface area contributed by atoms with Gasteiger partial charge in [0.2, 0.25) is 0 Å². The van der Waals surface area contributed by atoms with Gasteiger partial charge in [0.25, 0.3) is 0 Å². The van der Waals surface area contributed by atoms with E-state index in [4.69, 9.17) is 9.84 Å². The molecule has 2 heteroatoms. The summed E-state index contributed by atoms with van der Waals surface area (Å²) >= 11 is 0. The first-order chi connectivity index (χ1) is 5.20. The Morgan fingerprint density at radius 2 is 2.00 bits per heavy atom. The lowest BCUT2D eigenvalue weighted by Crippen LogP contribution is -1.91. The number of ether oxygens (including phenoxy) is 1. The topological polar surface area (TPSA) is 29.5 Å². The smallest absolute Gasteiger partial charge is 0.185 e. The summed E-state index contributed by atoms with van der Waals surface area (Å²) in [7, 11) is 0. The number of aliphatic hydroxyl groups excluding tert-OH is 1. The molecule has 0 rings (SSSR count). The Hall–Kier alpha value is -0.760. The van der Waals surface area contributed by atoms with Crippen LogP contribution in [-0.2, 0) is 4.74 Å². The molecule has 2 nitrogen and oxygen atoms in total. The Morgan fingerprint density at radius 1 is 1.36 bits per heavy atom. The van der Waals surface area contributed by atoms with Gasteiger partial charge in [-0.2, -0.15) is 0 Å². The van der Waals surface area contributed by atoms with Gasteiger partial charge in [-0.1, -0.05) is 18.6 Å². The first kappa shape index (κ1) is 10.2. The third-order valence-electron chi connectivity index (χ3n) is 1.20. The SMILES string of the molecule is CC/C(=C\C=C(C)C)OCO. The summed E-state index contributed by atoms with van der Waals surface area (Å²) < 4.78 is 4.91. The van der Waals surface area contributed by atoms with Crippen LogP contribution < -0.4 is 0 Å². The Bertz CT molecular complexity index is 153. The molecule has 64 valence electrons. The van der Waals surface area contributed by atoms with Crippen LogP contribution >= 0.6 is 0 Å². The van der Waals surface area contributed by atoms with Gasteiger partial charge in [0.15, 0.2) is 6.79 Å². The van der Waals surface area contributed by atoms with E-state index in [0.29, 0.717) is 0 Å². The van der Waals surface area contributed by atoms with Gasteiger partial charge in [-0.05, 0) is 19.9 Å². The minimum atomic E-state index is -0.240. The van der Waals surface area contributed by atoms with Crippen molar-refractivity contribution in [3.05, 3.63) is 23.5 Å². The van der Waals surface area contributed by atoms with E-state index < -0.39 is 0 Å². The number of allylic oxidation sites excluding steroid dienone is 4. The monoisotopic (exact) mass is 156 g/mol. The second-order valence-electron chi connectivity index (χ2n) is 2.50. The summed E-state index contributed by atoms with van der Waals surface area (Å²) in [6, 6.07) is 0. The number of hydrogen-bond acceptors (Lipinski definition) is 2. The van der Waals surface area contributed by atoms with E-state index in [9.17, 15) is 0 Å². The van der Waals surface area contributed by atoms with Crippen molar-refractivity contribution < 1.29 is 9.84 Å². The molecule has 0 atom stereocenters. The zero-order valence-electron chi connectivity index (χ0n) is 7.42. The fraction of sp³-hybridized carbons (Fsp3) is 0.556. The van der Waals surface area contributed by atoms with E-state index in [2.05, 4.69) is 0 Å². The molecule has 0 saturated heterocycles. The Labute approximate surface area is 68.2 Å². The summed E-state index contributed by atoms with van der Waals surface area (Å²) in [6.07, 6.45) is 4.66. The summed E-state index contributed by atoms with van der Waals surface area (Å²) in [5.41, 5.74) is 1.22. The van der Waals surface area contributed by atoms with E-state index >= 15 is 0 Å². The van der Waals surface area contributed by atoms with Crippen LogP contribution in [0.15, 0.2) is 23.5 Å². The Kier molecular flexibility index (Phi) is 5.57. The van der Waals surface area contributed by atoms with Crippen LogP contribution in [0.3, 0.4) is 0 Å². The largest absolute Gasteiger partial charge is 0.472 e. The fourth-order valence-electron chi connectivity index (χ4n) is 0.611. The quantitative estimate of drug-likeness (QED) is 0.384. The average molecular weight is 156 g/mol. The third-order valence-corrected chi connectivity index (χ3v) is 1.20. The molecule has 0 fully saturated rings. The summed E-state index contributed by atoms with van der Waals surface area (Å²) in [5, 5.41) is 8.45. The lowest BCUT2D eigenvalue weighted by atomic mass is 10.3. The highest BCUT2D eigenvalue weighted by molar-refractivity contribution is 5.11. The van der Waals surface area contributed by atoms with Gasteiger partial charge in [-0.15, -0.1) is 0 Å². The predicted octanol–water partition coefficient (Wildman–Crippen LogP) is 2.21. The van der Waals surface area contributed by atoms with Crippen molar-refractivity contribution in [2.24, 2.45) is 0 Å². The molecular weight excluding hydrogens is 140 g/mol. The van der Waals surface area contributed by atoms with Crippen molar-refractivity contribution in [3.63, 3.8) is 0 Å². The highest BCUT2D eigenvalue weighted by Gasteiger charge is 1.89. The highest BCUT2D eigenvalue weighted by Crippen LogP contribution is 2.03. The first-order valence-electron chi connectivity index (χ1n) is 3.78. The minimum absolute atomic E-state index is 0.240. The van der Waals surface area contributed by atoms with E-state index in [1.165, 1.54) is 5.57 Å². The molecule has 0 saturated carbocycles. The van der Waals surface area contributed by atoms with Gasteiger partial charge in [0.1, 0.15) is 0 Å². The average Bonchev–Trinajstić information content (AvgIpc) is 1.97. The second kappa shape index (κ2) is 5.98. The van der Waals surface area contributed by atoms with Crippen molar-refractivity contribution in [2.75, 3.05) is 6.79 Å². The molecule has 0 unspecified atom stereocenters. The highest BCUT2D eigenvalue weighted by atomic mass is 16.6. The van der Waals surface area contributed by atoms with Crippen molar-refractivity contribution in [2.45, 2.75) is 27.2 Å². The van der Waals surface area contributed by atoms with Crippen molar-refractivity contribution in [3.8, 4) is 0 Å². The molecule has 0 heterocycles. The zero-order valence-corrected chi connectivity index (χ0v) is 7.42. The van der Waals surface area contributed by atoms with Crippen LogP contribution in [0.1, 0.15) is 27.2 Å². The summed E-state index contributed by atoms with van der Waals surface area (Å²) in [6.45, 7) is 5.78. The van der Waals surface area contributed by atoms with Crippen molar-refractivity contribution in [1.29, 1.82) is 0 Å². The van der Waals surface area contributed by atoms with Crippen molar-refractivity contribution in [1.82, 2.24) is 0 Å². The van der Waals surface area contributed by atoms with Crippen LogP contribution in [0.5, 0.6) is 0 Å². The standard InChI is InChI=1S/C9H16O2/c1-4-9(11-7-10)6-5-8(2)3/h5-6,10H,4,7H2,1-3H3/b9-6+. The molecule has 0 radical (unpaired) electrons. The lowest BCUT2D eigenvalue weighted by Gasteiger charge is -2.02. The summed E-state index contributed by atoms with van der Waals surface area (Å²) in [4.78, 5) is 0. The van der Waals surface area contributed by atoms with Crippen LogP contribution in [0, 0.1) is 0 Å². The summed E-state index contributed by atoms with van der Waals surface area (Å²) in [5.74, 6) is 0.814. The van der Waals surface area contributed by atoms with Gasteiger partial charge >= 0.3 is 0 Å². The third kappa shape index (κ3) is 5.67. The van der Waals surface area contributed by atoms with Gasteiger partial charge in [-0.3, -0.25) is 0 Å².